The maximum atomic E-state index is 13.2. The number of aryl methyl sites for hydroxylation is 6. The van der Waals surface area contributed by atoms with Crippen molar-refractivity contribution in [2.45, 2.75) is 51.3 Å². The quantitative estimate of drug-likeness (QED) is 0.307. The first kappa shape index (κ1) is 27.6. The molecule has 0 aliphatic carbocycles. The van der Waals surface area contributed by atoms with E-state index in [-0.39, 0.29) is 36.2 Å². The van der Waals surface area contributed by atoms with Crippen molar-refractivity contribution in [1.29, 1.82) is 0 Å². The molecule has 0 atom stereocenters. The molecule has 0 amide bonds. The Hall–Kier alpha value is -1.97. The van der Waals surface area contributed by atoms with E-state index >= 15 is 0 Å². The van der Waals surface area contributed by atoms with Gasteiger partial charge in [-0.05, 0) is 69.9 Å². The van der Waals surface area contributed by atoms with Crippen LogP contribution >= 0.6 is 34.8 Å². The van der Waals surface area contributed by atoms with Crippen LogP contribution < -0.4 is 9.44 Å². The maximum Gasteiger partial charge on any atom is 0.262 e. The maximum absolute atomic E-state index is 13.2. The summed E-state index contributed by atoms with van der Waals surface area (Å²) in [6.45, 7) is 10.5. The van der Waals surface area contributed by atoms with Gasteiger partial charge in [0.2, 0.25) is 0 Å². The minimum Gasteiger partial charge on any atom is -0.278 e. The van der Waals surface area contributed by atoms with Crippen molar-refractivity contribution in [3.63, 3.8) is 0 Å². The van der Waals surface area contributed by atoms with Gasteiger partial charge >= 0.3 is 0 Å². The van der Waals surface area contributed by atoms with Gasteiger partial charge in [-0.2, -0.15) is 0 Å². The summed E-state index contributed by atoms with van der Waals surface area (Å²) in [4.78, 5) is 0.211. The SMILES string of the molecule is Cc1cc(C)c(S(=O)(=O)Nc2cc(Cl)c(NS(=O)(=O)c3c(C)cc(C)cc3C)c(Cl)c2Cl)c(C)c1. The minimum atomic E-state index is -4.08. The second kappa shape index (κ2) is 9.82. The number of benzene rings is 3. The van der Waals surface area contributed by atoms with Crippen molar-refractivity contribution in [2.75, 3.05) is 9.44 Å². The van der Waals surface area contributed by atoms with Gasteiger partial charge in [0, 0.05) is 0 Å². The highest BCUT2D eigenvalue weighted by atomic mass is 35.5. The predicted molar refractivity (Wildman–Crippen MR) is 144 cm³/mol. The van der Waals surface area contributed by atoms with Crippen molar-refractivity contribution >= 4 is 66.2 Å². The summed E-state index contributed by atoms with van der Waals surface area (Å²) in [7, 11) is -8.12. The van der Waals surface area contributed by atoms with Crippen LogP contribution in [0.4, 0.5) is 11.4 Å². The van der Waals surface area contributed by atoms with Crippen LogP contribution in [0.25, 0.3) is 0 Å². The molecule has 3 aromatic carbocycles. The number of hydrogen-bond donors (Lipinski definition) is 2. The molecule has 2 N–H and O–H groups in total. The van der Waals surface area contributed by atoms with E-state index in [4.69, 9.17) is 34.8 Å². The third kappa shape index (κ3) is 5.57. The van der Waals surface area contributed by atoms with Gasteiger partial charge in [-0.15, -0.1) is 0 Å². The molecule has 0 aromatic heterocycles. The molecule has 0 spiro atoms. The van der Waals surface area contributed by atoms with E-state index < -0.39 is 20.0 Å². The Balaban J connectivity index is 2.04. The smallest absolute Gasteiger partial charge is 0.262 e. The largest absolute Gasteiger partial charge is 0.278 e. The summed E-state index contributed by atoms with van der Waals surface area (Å²) in [6.07, 6.45) is 0. The Morgan fingerprint density at radius 3 is 1.34 bits per heavy atom. The first-order valence-corrected chi connectivity index (χ1v) is 14.5. The number of sulfonamides is 2. The molecule has 35 heavy (non-hydrogen) atoms. The molecule has 3 aromatic rings. The van der Waals surface area contributed by atoms with Gasteiger partial charge < -0.3 is 0 Å². The summed E-state index contributed by atoms with van der Waals surface area (Å²) in [5.74, 6) is 0. The highest BCUT2D eigenvalue weighted by Gasteiger charge is 2.27. The first-order chi connectivity index (χ1) is 16.0. The van der Waals surface area contributed by atoms with E-state index in [1.807, 2.05) is 13.8 Å². The van der Waals surface area contributed by atoms with Crippen LogP contribution in [0.3, 0.4) is 0 Å². The number of halogens is 3. The minimum absolute atomic E-state index is 0.0771. The number of nitrogens with one attached hydrogen (secondary N) is 2. The molecule has 11 heteroatoms. The summed E-state index contributed by atoms with van der Waals surface area (Å²) < 4.78 is 57.5. The third-order valence-electron chi connectivity index (χ3n) is 5.39. The van der Waals surface area contributed by atoms with Crippen LogP contribution in [-0.4, -0.2) is 16.8 Å². The molecule has 0 bridgehead atoms. The number of hydrogen-bond acceptors (Lipinski definition) is 4. The van der Waals surface area contributed by atoms with Crippen molar-refractivity contribution in [2.24, 2.45) is 0 Å². The molecule has 0 aliphatic heterocycles. The monoisotopic (exact) mass is 574 g/mol. The average molecular weight is 576 g/mol. The van der Waals surface area contributed by atoms with E-state index in [2.05, 4.69) is 9.44 Å². The third-order valence-corrected chi connectivity index (χ3v) is 9.88. The Morgan fingerprint density at radius 1 is 0.571 bits per heavy atom. The van der Waals surface area contributed by atoms with Crippen LogP contribution in [0, 0.1) is 41.5 Å². The zero-order valence-electron chi connectivity index (χ0n) is 20.0. The molecular weight excluding hydrogens is 551 g/mol. The van der Waals surface area contributed by atoms with Crippen molar-refractivity contribution < 1.29 is 16.8 Å². The summed E-state index contributed by atoms with van der Waals surface area (Å²) in [5.41, 5.74) is 3.87. The lowest BCUT2D eigenvalue weighted by Crippen LogP contribution is -2.18. The zero-order valence-corrected chi connectivity index (χ0v) is 23.9. The van der Waals surface area contributed by atoms with E-state index in [9.17, 15) is 16.8 Å². The topological polar surface area (TPSA) is 92.3 Å². The molecule has 0 unspecified atom stereocenters. The van der Waals surface area contributed by atoms with Crippen molar-refractivity contribution in [1.82, 2.24) is 0 Å². The molecule has 0 aliphatic rings. The molecule has 0 fully saturated rings. The van der Waals surface area contributed by atoms with Crippen molar-refractivity contribution in [3.8, 4) is 0 Å². The highest BCUT2D eigenvalue weighted by Crippen LogP contribution is 2.43. The number of rotatable bonds is 6. The zero-order chi connectivity index (χ0) is 26.5. The van der Waals surface area contributed by atoms with Crippen LogP contribution in [0.1, 0.15) is 33.4 Å². The second-order valence-electron chi connectivity index (χ2n) is 8.58. The van der Waals surface area contributed by atoms with Gasteiger partial charge in [0.1, 0.15) is 0 Å². The van der Waals surface area contributed by atoms with Crippen LogP contribution in [0.2, 0.25) is 15.1 Å². The number of anilines is 2. The summed E-state index contributed by atoms with van der Waals surface area (Å²) in [5, 5.41) is -0.558. The van der Waals surface area contributed by atoms with Gasteiger partial charge in [0.05, 0.1) is 36.2 Å². The van der Waals surface area contributed by atoms with Crippen LogP contribution in [0.15, 0.2) is 40.1 Å². The normalized spacial score (nSPS) is 12.0. The van der Waals surface area contributed by atoms with Gasteiger partial charge in [-0.1, -0.05) is 70.2 Å². The molecule has 188 valence electrons. The lowest BCUT2D eigenvalue weighted by atomic mass is 10.1. The molecule has 0 saturated heterocycles. The first-order valence-electron chi connectivity index (χ1n) is 10.4. The summed E-state index contributed by atoms with van der Waals surface area (Å²) in [6, 6.07) is 8.25. The van der Waals surface area contributed by atoms with Crippen LogP contribution in [-0.2, 0) is 20.0 Å². The Kier molecular flexibility index (Phi) is 7.75. The van der Waals surface area contributed by atoms with Crippen molar-refractivity contribution in [3.05, 3.63) is 78.8 Å². The van der Waals surface area contributed by atoms with Gasteiger partial charge in [0.15, 0.2) is 0 Å². The Labute approximate surface area is 221 Å². The molecule has 6 nitrogen and oxygen atoms in total. The van der Waals surface area contributed by atoms with E-state index in [0.717, 1.165) is 11.1 Å². The Bertz CT molecular complexity index is 1520. The molecule has 0 radical (unpaired) electrons. The lowest BCUT2D eigenvalue weighted by molar-refractivity contribution is 0.598. The second-order valence-corrected chi connectivity index (χ2v) is 13.0. The molecule has 0 saturated carbocycles. The fourth-order valence-corrected chi connectivity index (χ4v) is 8.31. The van der Waals surface area contributed by atoms with Gasteiger partial charge in [-0.3, -0.25) is 9.44 Å². The van der Waals surface area contributed by atoms with E-state index in [0.29, 0.717) is 22.3 Å². The molecule has 0 heterocycles. The fourth-order valence-electron chi connectivity index (χ4n) is 4.33. The Morgan fingerprint density at radius 2 is 0.943 bits per heavy atom. The highest BCUT2D eigenvalue weighted by molar-refractivity contribution is 7.93. The molecule has 3 rings (SSSR count). The van der Waals surface area contributed by atoms with E-state index in [1.54, 1.807) is 52.0 Å². The molecular formula is C24H25Cl3N2O4S2. The van der Waals surface area contributed by atoms with E-state index in [1.165, 1.54) is 6.07 Å². The van der Waals surface area contributed by atoms with Crippen LogP contribution in [0.5, 0.6) is 0 Å². The van der Waals surface area contributed by atoms with Gasteiger partial charge in [0.25, 0.3) is 20.0 Å². The lowest BCUT2D eigenvalue weighted by Gasteiger charge is -2.19. The predicted octanol–water partition coefficient (Wildman–Crippen LogP) is 7.10. The van der Waals surface area contributed by atoms with Gasteiger partial charge in [-0.25, -0.2) is 16.8 Å². The summed E-state index contributed by atoms with van der Waals surface area (Å²) >= 11 is 19.1. The average Bonchev–Trinajstić information content (AvgIpc) is 2.67. The fraction of sp³-hybridized carbons (Fsp3) is 0.250. The standard InChI is InChI=1S/C24H25Cl3N2O4S2/c1-12-7-14(3)23(15(4)8-12)34(30,31)28-19-11-18(25)22(21(27)20(19)26)29-35(32,33)24-16(5)9-13(2)10-17(24)6/h7-11,28-29H,1-6H3.